The van der Waals surface area contributed by atoms with Crippen molar-refractivity contribution in [2.24, 2.45) is 5.10 Å². The molecule has 1 aromatic heterocycles. The van der Waals surface area contributed by atoms with Crippen LogP contribution < -0.4 is 15.5 Å². The number of nitrogens with zero attached hydrogens (tertiary/aromatic N) is 3. The number of anilines is 1. The first-order chi connectivity index (χ1) is 19.5. The molecule has 2 N–H and O–H groups in total. The van der Waals surface area contributed by atoms with E-state index < -0.39 is 11.8 Å². The van der Waals surface area contributed by atoms with Crippen molar-refractivity contribution in [2.75, 3.05) is 5.32 Å². The van der Waals surface area contributed by atoms with Crippen LogP contribution in [0.5, 0.6) is 5.75 Å². The first-order valence-electron chi connectivity index (χ1n) is 12.4. The van der Waals surface area contributed by atoms with Gasteiger partial charge in [0, 0.05) is 28.0 Å². The zero-order valence-corrected chi connectivity index (χ0v) is 22.0. The van der Waals surface area contributed by atoms with Crippen molar-refractivity contribution in [1.82, 2.24) is 15.2 Å². The monoisotopic (exact) mass is 549 g/mol. The van der Waals surface area contributed by atoms with Gasteiger partial charge in [-0.15, -0.1) is 0 Å². The van der Waals surface area contributed by atoms with E-state index in [1.165, 1.54) is 6.21 Å². The molecule has 0 fully saturated rings. The predicted molar refractivity (Wildman–Crippen MR) is 156 cm³/mol. The number of benzene rings is 4. The van der Waals surface area contributed by atoms with Crippen LogP contribution in [0.2, 0.25) is 5.02 Å². The number of para-hydroxylation sites is 1. The van der Waals surface area contributed by atoms with Gasteiger partial charge in [0.15, 0.2) is 0 Å². The van der Waals surface area contributed by atoms with Crippen molar-refractivity contribution >= 4 is 35.3 Å². The SMILES string of the molecule is O=C(N/N=C\c1cn(-c2ccccc2)nc1-c1ccc(OCc2ccccc2)cc1)C(=O)Nc1ccc(Cl)cc1. The van der Waals surface area contributed by atoms with Gasteiger partial charge in [-0.25, -0.2) is 10.1 Å². The molecule has 40 heavy (non-hydrogen) atoms. The van der Waals surface area contributed by atoms with Gasteiger partial charge >= 0.3 is 11.8 Å². The Bertz CT molecular complexity index is 1620. The van der Waals surface area contributed by atoms with Crippen LogP contribution in [0.1, 0.15) is 11.1 Å². The Labute approximate surface area is 235 Å². The molecule has 0 aliphatic carbocycles. The molecule has 0 saturated heterocycles. The standard InChI is InChI=1S/C31H24ClN5O3/c32-25-13-15-26(16-14-25)34-30(38)31(39)35-33-19-24-20-37(27-9-5-2-6-10-27)36-29(24)23-11-17-28(18-12-23)40-21-22-7-3-1-4-8-22/h1-20H,21H2,(H,34,38)(H,35,39)/b33-19-. The Hall–Kier alpha value is -5.21. The Morgan fingerprint density at radius 1 is 0.850 bits per heavy atom. The number of ether oxygens (including phenoxy) is 1. The van der Waals surface area contributed by atoms with E-state index in [4.69, 9.17) is 21.4 Å². The molecule has 0 atom stereocenters. The predicted octanol–water partition coefficient (Wildman–Crippen LogP) is 5.86. The third kappa shape index (κ3) is 6.80. The number of hydrogen-bond acceptors (Lipinski definition) is 5. The molecule has 1 heterocycles. The Kier molecular flexibility index (Phi) is 8.29. The van der Waals surface area contributed by atoms with Crippen LogP contribution in [0.4, 0.5) is 5.69 Å². The van der Waals surface area contributed by atoms with E-state index in [9.17, 15) is 9.59 Å². The van der Waals surface area contributed by atoms with E-state index in [-0.39, 0.29) is 0 Å². The van der Waals surface area contributed by atoms with Gasteiger partial charge in [0.2, 0.25) is 0 Å². The molecule has 9 heteroatoms. The number of rotatable bonds is 8. The highest BCUT2D eigenvalue weighted by Gasteiger charge is 2.14. The maximum Gasteiger partial charge on any atom is 0.329 e. The van der Waals surface area contributed by atoms with Crippen LogP contribution in [0.3, 0.4) is 0 Å². The maximum absolute atomic E-state index is 12.3. The summed E-state index contributed by atoms with van der Waals surface area (Å²) in [5.41, 5.74) is 6.75. The highest BCUT2D eigenvalue weighted by atomic mass is 35.5. The van der Waals surface area contributed by atoms with Crippen LogP contribution in [0, 0.1) is 0 Å². The van der Waals surface area contributed by atoms with Gasteiger partial charge in [0.1, 0.15) is 18.1 Å². The quantitative estimate of drug-likeness (QED) is 0.144. The summed E-state index contributed by atoms with van der Waals surface area (Å²) < 4.78 is 7.63. The molecule has 0 unspecified atom stereocenters. The molecule has 0 bridgehead atoms. The van der Waals surface area contributed by atoms with Gasteiger partial charge in [-0.1, -0.05) is 60.1 Å². The molecular weight excluding hydrogens is 526 g/mol. The zero-order chi connectivity index (χ0) is 27.7. The van der Waals surface area contributed by atoms with E-state index in [0.717, 1.165) is 22.6 Å². The lowest BCUT2D eigenvalue weighted by Gasteiger charge is -2.07. The van der Waals surface area contributed by atoms with E-state index in [0.29, 0.717) is 28.6 Å². The van der Waals surface area contributed by atoms with Crippen LogP contribution in [0.25, 0.3) is 16.9 Å². The molecule has 0 spiro atoms. The molecule has 4 aromatic carbocycles. The van der Waals surface area contributed by atoms with Gasteiger partial charge in [0.25, 0.3) is 0 Å². The summed E-state index contributed by atoms with van der Waals surface area (Å²) in [6, 6.07) is 33.6. The molecule has 0 aliphatic heterocycles. The fraction of sp³-hybridized carbons (Fsp3) is 0.0323. The topological polar surface area (TPSA) is 97.6 Å². The lowest BCUT2D eigenvalue weighted by molar-refractivity contribution is -0.136. The second kappa shape index (κ2) is 12.6. The number of carbonyl (C=O) groups is 2. The van der Waals surface area contributed by atoms with Crippen molar-refractivity contribution in [1.29, 1.82) is 0 Å². The average molecular weight is 550 g/mol. The zero-order valence-electron chi connectivity index (χ0n) is 21.2. The number of carbonyl (C=O) groups excluding carboxylic acids is 2. The third-order valence-electron chi connectivity index (χ3n) is 5.82. The highest BCUT2D eigenvalue weighted by molar-refractivity contribution is 6.39. The summed E-state index contributed by atoms with van der Waals surface area (Å²) in [6.45, 7) is 0.464. The van der Waals surface area contributed by atoms with Crippen molar-refractivity contribution in [3.05, 3.63) is 132 Å². The van der Waals surface area contributed by atoms with Gasteiger partial charge in [-0.05, 0) is 66.2 Å². The van der Waals surface area contributed by atoms with E-state index in [2.05, 4.69) is 15.8 Å². The molecule has 0 saturated carbocycles. The van der Waals surface area contributed by atoms with Crippen molar-refractivity contribution in [3.8, 4) is 22.7 Å². The molecule has 198 valence electrons. The largest absolute Gasteiger partial charge is 0.489 e. The summed E-state index contributed by atoms with van der Waals surface area (Å²) in [7, 11) is 0. The Morgan fingerprint density at radius 3 is 2.23 bits per heavy atom. The Morgan fingerprint density at radius 2 is 1.52 bits per heavy atom. The summed E-state index contributed by atoms with van der Waals surface area (Å²) >= 11 is 5.86. The second-order valence-corrected chi connectivity index (χ2v) is 9.11. The first kappa shape index (κ1) is 26.4. The lowest BCUT2D eigenvalue weighted by atomic mass is 10.1. The molecule has 8 nitrogen and oxygen atoms in total. The van der Waals surface area contributed by atoms with Crippen molar-refractivity contribution in [3.63, 3.8) is 0 Å². The minimum atomic E-state index is -0.914. The maximum atomic E-state index is 12.3. The first-order valence-corrected chi connectivity index (χ1v) is 12.8. The van der Waals surface area contributed by atoms with E-state index in [1.54, 1.807) is 35.1 Å². The summed E-state index contributed by atoms with van der Waals surface area (Å²) in [5.74, 6) is -1.04. The summed E-state index contributed by atoms with van der Waals surface area (Å²) in [6.07, 6.45) is 3.25. The number of nitrogens with one attached hydrogen (secondary N) is 2. The number of hydrazone groups is 1. The summed E-state index contributed by atoms with van der Waals surface area (Å²) in [4.78, 5) is 24.5. The number of amides is 2. The fourth-order valence-corrected chi connectivity index (χ4v) is 3.93. The van der Waals surface area contributed by atoms with Gasteiger partial charge in [0.05, 0.1) is 11.9 Å². The molecule has 0 radical (unpaired) electrons. The molecule has 5 aromatic rings. The van der Waals surface area contributed by atoms with Crippen LogP contribution in [-0.2, 0) is 16.2 Å². The number of aromatic nitrogens is 2. The Balaban J connectivity index is 1.31. The van der Waals surface area contributed by atoms with Crippen molar-refractivity contribution < 1.29 is 14.3 Å². The number of halogens is 1. The fourth-order valence-electron chi connectivity index (χ4n) is 3.80. The smallest absolute Gasteiger partial charge is 0.329 e. The minimum absolute atomic E-state index is 0.441. The number of hydrogen-bond donors (Lipinski definition) is 2. The second-order valence-electron chi connectivity index (χ2n) is 8.67. The van der Waals surface area contributed by atoms with Crippen LogP contribution in [0.15, 0.2) is 120 Å². The van der Waals surface area contributed by atoms with Crippen LogP contribution >= 0.6 is 11.6 Å². The van der Waals surface area contributed by atoms with Gasteiger partial charge in [-0.2, -0.15) is 10.2 Å². The van der Waals surface area contributed by atoms with Crippen LogP contribution in [-0.4, -0.2) is 27.8 Å². The minimum Gasteiger partial charge on any atom is -0.489 e. The van der Waals surface area contributed by atoms with Gasteiger partial charge < -0.3 is 10.1 Å². The summed E-state index contributed by atoms with van der Waals surface area (Å²) in [5, 5.41) is 11.8. The molecule has 0 aliphatic rings. The third-order valence-corrected chi connectivity index (χ3v) is 6.07. The normalized spacial score (nSPS) is 10.8. The van der Waals surface area contributed by atoms with E-state index in [1.807, 2.05) is 84.9 Å². The lowest BCUT2D eigenvalue weighted by Crippen LogP contribution is -2.32. The molecule has 5 rings (SSSR count). The highest BCUT2D eigenvalue weighted by Crippen LogP contribution is 2.25. The van der Waals surface area contributed by atoms with Crippen molar-refractivity contribution in [2.45, 2.75) is 6.61 Å². The molecular formula is C31H24ClN5O3. The van der Waals surface area contributed by atoms with Gasteiger partial charge in [-0.3, -0.25) is 9.59 Å². The average Bonchev–Trinajstić information content (AvgIpc) is 3.42. The van der Waals surface area contributed by atoms with E-state index >= 15 is 0 Å². The molecule has 2 amide bonds.